The normalized spacial score (nSPS) is 10.7. The number of aryl methyl sites for hydroxylation is 6. The van der Waals surface area contributed by atoms with E-state index in [0.29, 0.717) is 6.42 Å². The highest BCUT2D eigenvalue weighted by Crippen LogP contribution is 2.44. The highest BCUT2D eigenvalue weighted by molar-refractivity contribution is 7.58. The summed E-state index contributed by atoms with van der Waals surface area (Å²) < 4.78 is 6.61. The minimum atomic E-state index is -3.43. The highest BCUT2D eigenvalue weighted by atomic mass is 31.2. The van der Waals surface area contributed by atoms with Crippen LogP contribution < -0.4 is 0 Å². The Morgan fingerprint density at radius 1 is 0.512 bits per heavy atom. The van der Waals surface area contributed by atoms with Crippen molar-refractivity contribution in [2.75, 3.05) is 6.16 Å². The molecule has 9 nitrogen and oxygen atoms in total. The van der Waals surface area contributed by atoms with Crippen molar-refractivity contribution in [2.24, 2.45) is 0 Å². The largest absolute Gasteiger partial charge is 0.403 e. The van der Waals surface area contributed by atoms with Crippen molar-refractivity contribution in [3.8, 4) is 0 Å². The molecule has 236 valence electrons. The second kappa shape index (κ2) is 24.5. The molecule has 0 spiro atoms. The predicted molar refractivity (Wildman–Crippen MR) is 173 cm³/mol. The van der Waals surface area contributed by atoms with E-state index in [-0.39, 0.29) is 6.16 Å². The van der Waals surface area contributed by atoms with E-state index in [0.717, 1.165) is 45.3 Å². The summed E-state index contributed by atoms with van der Waals surface area (Å²) in [4.78, 5) is 38.0. The summed E-state index contributed by atoms with van der Waals surface area (Å²) in [7, 11) is -3.43. The van der Waals surface area contributed by atoms with Gasteiger partial charge in [0.05, 0.1) is 0 Å². The average Bonchev–Trinajstić information content (AvgIpc) is 3.73. The monoisotopic (exact) mass is 595 g/mol. The van der Waals surface area contributed by atoms with Crippen LogP contribution >= 0.6 is 7.94 Å². The van der Waals surface area contributed by atoms with Crippen LogP contribution in [0.3, 0.4) is 0 Å². The maximum atomic E-state index is 8.37. The summed E-state index contributed by atoms with van der Waals surface area (Å²) in [6.07, 6.45) is 24.3. The first-order valence-electron chi connectivity index (χ1n) is 15.8. The Hall–Kier alpha value is -2.06. The molecule has 0 unspecified atom stereocenters. The number of imidazole rings is 3. The molecule has 0 fully saturated rings. The summed E-state index contributed by atoms with van der Waals surface area (Å²) in [6, 6.07) is 0. The molecule has 10 heteroatoms. The summed E-state index contributed by atoms with van der Waals surface area (Å²) in [6.45, 7) is 18.1. The molecule has 3 aromatic rings. The SMILES string of the molecule is CCCC[P+](O)(O)O.CCCCc1nccn1CC.CCCCc1nccn1CC.CCCCc1nccn1CC. The fourth-order valence-corrected chi connectivity index (χ4v) is 4.68. The molecule has 0 aromatic carbocycles. The summed E-state index contributed by atoms with van der Waals surface area (Å²) >= 11 is 0. The highest BCUT2D eigenvalue weighted by Gasteiger charge is 2.27. The molecule has 3 aromatic heterocycles. The first kappa shape index (κ1) is 38.9. The maximum Gasteiger partial charge on any atom is 0.403 e. The molecule has 0 atom stereocenters. The zero-order valence-electron chi connectivity index (χ0n) is 27.0. The predicted octanol–water partition coefficient (Wildman–Crippen LogP) is 7.26. The van der Waals surface area contributed by atoms with Gasteiger partial charge in [0.1, 0.15) is 23.6 Å². The molecule has 0 bridgehead atoms. The first-order valence-corrected chi connectivity index (χ1v) is 17.6. The molecule has 3 heterocycles. The molecule has 0 aliphatic rings. The quantitative estimate of drug-likeness (QED) is 0.159. The Balaban J connectivity index is 0.000000525. The summed E-state index contributed by atoms with van der Waals surface area (Å²) in [5, 5.41) is 0. The van der Waals surface area contributed by atoms with Crippen molar-refractivity contribution in [1.29, 1.82) is 0 Å². The van der Waals surface area contributed by atoms with Gasteiger partial charge in [-0.2, -0.15) is 14.7 Å². The Labute approximate surface area is 250 Å². The second-order valence-corrected chi connectivity index (χ2v) is 11.8. The van der Waals surface area contributed by atoms with Crippen LogP contribution in [0.15, 0.2) is 37.2 Å². The van der Waals surface area contributed by atoms with Gasteiger partial charge in [-0.25, -0.2) is 15.0 Å². The molecule has 41 heavy (non-hydrogen) atoms. The minimum absolute atomic E-state index is 0.142. The van der Waals surface area contributed by atoms with E-state index in [9.17, 15) is 0 Å². The summed E-state index contributed by atoms with van der Waals surface area (Å²) in [5.74, 6) is 3.69. The lowest BCUT2D eigenvalue weighted by atomic mass is 10.2. The van der Waals surface area contributed by atoms with Gasteiger partial charge in [-0.1, -0.05) is 53.4 Å². The van der Waals surface area contributed by atoms with Gasteiger partial charge >= 0.3 is 7.94 Å². The van der Waals surface area contributed by atoms with Crippen molar-refractivity contribution < 1.29 is 14.7 Å². The Bertz CT molecular complexity index is 871. The molecule has 0 radical (unpaired) electrons. The van der Waals surface area contributed by atoms with Gasteiger partial charge in [0, 0.05) is 76.1 Å². The third-order valence-corrected chi connectivity index (χ3v) is 7.42. The Morgan fingerprint density at radius 3 is 1.00 bits per heavy atom. The lowest BCUT2D eigenvalue weighted by Gasteiger charge is -2.02. The average molecular weight is 596 g/mol. The van der Waals surface area contributed by atoms with Gasteiger partial charge < -0.3 is 13.7 Å². The van der Waals surface area contributed by atoms with Crippen LogP contribution in [0.25, 0.3) is 0 Å². The van der Waals surface area contributed by atoms with E-state index in [2.05, 4.69) is 70.2 Å². The lowest BCUT2D eigenvalue weighted by molar-refractivity contribution is 0.329. The fraction of sp³-hybridized carbons (Fsp3) is 0.710. The second-order valence-electron chi connectivity index (χ2n) is 9.97. The molecule has 0 aliphatic heterocycles. The Kier molecular flexibility index (Phi) is 23.3. The van der Waals surface area contributed by atoms with E-state index in [1.807, 2.05) is 44.1 Å². The van der Waals surface area contributed by atoms with Crippen LogP contribution in [-0.2, 0) is 38.9 Å². The molecular formula is C31H60N6O3P+. The van der Waals surface area contributed by atoms with E-state index in [1.165, 1.54) is 56.0 Å². The van der Waals surface area contributed by atoms with Gasteiger partial charge in [-0.05, 0) is 46.5 Å². The van der Waals surface area contributed by atoms with Gasteiger partial charge in [0.2, 0.25) is 0 Å². The van der Waals surface area contributed by atoms with Crippen molar-refractivity contribution in [3.05, 3.63) is 54.7 Å². The first-order chi connectivity index (χ1) is 19.7. The van der Waals surface area contributed by atoms with Gasteiger partial charge in [0.15, 0.2) is 0 Å². The number of hydrogen-bond acceptors (Lipinski definition) is 6. The fourth-order valence-electron chi connectivity index (χ4n) is 3.94. The lowest BCUT2D eigenvalue weighted by Crippen LogP contribution is -2.00. The van der Waals surface area contributed by atoms with Gasteiger partial charge in [-0.15, -0.1) is 0 Å². The molecule has 3 rings (SSSR count). The van der Waals surface area contributed by atoms with Crippen LogP contribution in [0.5, 0.6) is 0 Å². The molecule has 0 aliphatic carbocycles. The van der Waals surface area contributed by atoms with Gasteiger partial charge in [0.25, 0.3) is 0 Å². The van der Waals surface area contributed by atoms with E-state index in [1.54, 1.807) is 0 Å². The molecule has 0 amide bonds. The maximum absolute atomic E-state index is 8.37. The third-order valence-electron chi connectivity index (χ3n) is 6.50. The third kappa shape index (κ3) is 18.9. The topological polar surface area (TPSA) is 114 Å². The van der Waals surface area contributed by atoms with Crippen molar-refractivity contribution in [3.63, 3.8) is 0 Å². The van der Waals surface area contributed by atoms with Crippen LogP contribution in [0.4, 0.5) is 0 Å². The minimum Gasteiger partial charge on any atom is -0.335 e. The summed E-state index contributed by atoms with van der Waals surface area (Å²) in [5.41, 5.74) is 0. The van der Waals surface area contributed by atoms with Crippen molar-refractivity contribution in [1.82, 2.24) is 28.7 Å². The van der Waals surface area contributed by atoms with Gasteiger partial charge in [-0.3, -0.25) is 0 Å². The number of aromatic nitrogens is 6. The smallest absolute Gasteiger partial charge is 0.335 e. The standard InChI is InChI=1S/3C9H16N2.C4H12O3P/c3*1-3-5-6-9-10-7-8-11(9)4-2;1-2-3-4-8(5,6)7/h3*7-8H,3-6H2,1-2H3;5-7H,2-4H2,1H3/q;;;+1. The van der Waals surface area contributed by atoms with Crippen LogP contribution in [-0.4, -0.2) is 49.5 Å². The molecule has 0 saturated carbocycles. The number of unbranched alkanes of at least 4 members (excludes halogenated alkanes) is 4. The van der Waals surface area contributed by atoms with E-state index >= 15 is 0 Å². The van der Waals surface area contributed by atoms with Crippen LogP contribution in [0.2, 0.25) is 0 Å². The molecule has 0 saturated heterocycles. The van der Waals surface area contributed by atoms with Crippen molar-refractivity contribution in [2.45, 2.75) is 139 Å². The Morgan fingerprint density at radius 2 is 0.805 bits per heavy atom. The van der Waals surface area contributed by atoms with Crippen LogP contribution in [0, 0.1) is 0 Å². The number of nitrogens with zero attached hydrogens (tertiary/aromatic N) is 6. The molecule has 3 N–H and O–H groups in total. The van der Waals surface area contributed by atoms with E-state index < -0.39 is 7.94 Å². The van der Waals surface area contributed by atoms with E-state index in [4.69, 9.17) is 14.7 Å². The zero-order chi connectivity index (χ0) is 30.9. The van der Waals surface area contributed by atoms with Crippen LogP contribution in [0.1, 0.15) is 117 Å². The van der Waals surface area contributed by atoms with Crippen molar-refractivity contribution >= 4 is 7.94 Å². The molecular weight excluding hydrogens is 535 g/mol. The number of rotatable bonds is 15. The number of hydrogen-bond donors (Lipinski definition) is 3. The zero-order valence-corrected chi connectivity index (χ0v) is 27.9.